The Labute approximate surface area is 168 Å². The van der Waals surface area contributed by atoms with Crippen LogP contribution in [0.5, 0.6) is 0 Å². The number of hydrogen-bond acceptors (Lipinski definition) is 6. The summed E-state index contributed by atoms with van der Waals surface area (Å²) in [7, 11) is 0. The molecule has 28 heavy (non-hydrogen) atoms. The summed E-state index contributed by atoms with van der Waals surface area (Å²) in [4.78, 5) is 11.8. The maximum absolute atomic E-state index is 9.12. The smallest absolute Gasteiger partial charge is 0.229 e. The van der Waals surface area contributed by atoms with Crippen LogP contribution in [-0.2, 0) is 6.42 Å². The van der Waals surface area contributed by atoms with E-state index in [-0.39, 0.29) is 0 Å². The van der Waals surface area contributed by atoms with Crippen LogP contribution in [0.25, 0.3) is 0 Å². The van der Waals surface area contributed by atoms with Crippen LogP contribution in [0, 0.1) is 11.3 Å². The van der Waals surface area contributed by atoms with Gasteiger partial charge in [0, 0.05) is 42.6 Å². The van der Waals surface area contributed by atoms with Crippen molar-refractivity contribution in [1.82, 2.24) is 15.3 Å². The third-order valence-electron chi connectivity index (χ3n) is 4.88. The molecule has 0 radical (unpaired) electrons. The van der Waals surface area contributed by atoms with Gasteiger partial charge in [0.15, 0.2) is 0 Å². The lowest BCUT2D eigenvalue weighted by Gasteiger charge is -2.20. The molecule has 0 aliphatic carbocycles. The molecule has 0 unspecified atom stereocenters. The molecule has 6 heteroatoms. The number of aromatic nitrogens is 2. The number of unbranched alkanes of at least 4 members (excludes halogenated alkanes) is 1. The van der Waals surface area contributed by atoms with Gasteiger partial charge in [-0.3, -0.25) is 0 Å². The zero-order valence-electron chi connectivity index (χ0n) is 17.1. The Morgan fingerprint density at radius 3 is 2.89 bits per heavy atom. The summed E-state index contributed by atoms with van der Waals surface area (Å²) in [5, 5.41) is 16.0. The molecule has 6 nitrogen and oxygen atoms in total. The number of rotatable bonds is 8. The molecule has 1 saturated heterocycles. The van der Waals surface area contributed by atoms with Gasteiger partial charge in [0.25, 0.3) is 0 Å². The minimum Gasteiger partial charge on any atom is -0.355 e. The van der Waals surface area contributed by atoms with Crippen molar-refractivity contribution >= 4 is 17.5 Å². The minimum atomic E-state index is 0.486. The molecule has 1 aliphatic heterocycles. The topological polar surface area (TPSA) is 76.9 Å². The van der Waals surface area contributed by atoms with Crippen LogP contribution in [0.1, 0.15) is 51.3 Å². The second-order valence-electron chi connectivity index (χ2n) is 7.72. The Kier molecular flexibility index (Phi) is 6.83. The second kappa shape index (κ2) is 9.52. The molecule has 0 bridgehead atoms. The fraction of sp³-hybridized carbons (Fsp3) is 0.500. The molecule has 0 spiro atoms. The van der Waals surface area contributed by atoms with E-state index in [1.807, 2.05) is 18.2 Å². The quantitative estimate of drug-likeness (QED) is 0.723. The summed E-state index contributed by atoms with van der Waals surface area (Å²) in [5.41, 5.74) is 2.51. The highest BCUT2D eigenvalue weighted by molar-refractivity contribution is 5.58. The molecule has 2 N–H and O–H groups in total. The molecule has 0 saturated carbocycles. The van der Waals surface area contributed by atoms with Crippen molar-refractivity contribution in [2.24, 2.45) is 0 Å². The maximum atomic E-state index is 9.12. The third kappa shape index (κ3) is 5.43. The lowest BCUT2D eigenvalue weighted by Crippen LogP contribution is -2.37. The number of anilines is 3. The normalized spacial score (nSPS) is 16.4. The van der Waals surface area contributed by atoms with Crippen molar-refractivity contribution in [3.63, 3.8) is 0 Å². The zero-order chi connectivity index (χ0) is 19.9. The number of nitriles is 1. The summed E-state index contributed by atoms with van der Waals surface area (Å²) < 4.78 is 0. The summed E-state index contributed by atoms with van der Waals surface area (Å²) >= 11 is 0. The highest BCUT2D eigenvalue weighted by Gasteiger charge is 2.24. The summed E-state index contributed by atoms with van der Waals surface area (Å²) in [6, 6.07) is 12.7. The van der Waals surface area contributed by atoms with E-state index in [2.05, 4.69) is 48.4 Å². The Morgan fingerprint density at radius 2 is 2.14 bits per heavy atom. The average molecular weight is 379 g/mol. The van der Waals surface area contributed by atoms with Crippen molar-refractivity contribution < 1.29 is 0 Å². The lowest BCUT2D eigenvalue weighted by atomic mass is 10.2. The van der Waals surface area contributed by atoms with E-state index in [0.29, 0.717) is 23.6 Å². The van der Waals surface area contributed by atoms with Gasteiger partial charge in [-0.2, -0.15) is 10.2 Å². The standard InChI is InChI=1S/C22H30N6/c1-4-5-8-19-13-21(28-11-10-20(15-28)24-16(2)3)27-22(26-19)25-18-9-6-7-17(12-18)14-23/h6-7,9,12-13,16,20,24H,4-5,8,10-11,15H2,1-3H3,(H,25,26,27)/t20-/m0/s1. The van der Waals surface area contributed by atoms with Crippen LogP contribution in [0.4, 0.5) is 17.5 Å². The van der Waals surface area contributed by atoms with E-state index in [1.165, 1.54) is 0 Å². The minimum absolute atomic E-state index is 0.486. The Balaban J connectivity index is 1.81. The Hall–Kier alpha value is -2.65. The molecule has 0 amide bonds. The molecule has 1 aliphatic rings. The van der Waals surface area contributed by atoms with E-state index in [1.54, 1.807) is 6.07 Å². The van der Waals surface area contributed by atoms with Gasteiger partial charge in [-0.15, -0.1) is 0 Å². The second-order valence-corrected chi connectivity index (χ2v) is 7.72. The molecule has 1 aromatic heterocycles. The Morgan fingerprint density at radius 1 is 1.29 bits per heavy atom. The van der Waals surface area contributed by atoms with Gasteiger partial charge in [-0.1, -0.05) is 33.3 Å². The van der Waals surface area contributed by atoms with Crippen LogP contribution in [0.3, 0.4) is 0 Å². The number of benzene rings is 1. The van der Waals surface area contributed by atoms with Crippen molar-refractivity contribution in [2.75, 3.05) is 23.3 Å². The fourth-order valence-corrected chi connectivity index (χ4v) is 3.56. The van der Waals surface area contributed by atoms with Crippen LogP contribution >= 0.6 is 0 Å². The predicted molar refractivity (Wildman–Crippen MR) is 114 cm³/mol. The number of nitrogens with one attached hydrogen (secondary N) is 2. The van der Waals surface area contributed by atoms with Gasteiger partial charge in [0.2, 0.25) is 5.95 Å². The molecule has 2 aromatic rings. The number of nitrogens with zero attached hydrogens (tertiary/aromatic N) is 4. The lowest BCUT2D eigenvalue weighted by molar-refractivity contribution is 0.492. The van der Waals surface area contributed by atoms with Crippen molar-refractivity contribution in [2.45, 2.75) is 58.5 Å². The molecule has 1 atom stereocenters. The summed E-state index contributed by atoms with van der Waals surface area (Å²) in [6.07, 6.45) is 4.31. The highest BCUT2D eigenvalue weighted by Crippen LogP contribution is 2.23. The predicted octanol–water partition coefficient (Wildman–Crippen LogP) is 4.01. The Bertz CT molecular complexity index is 826. The molecular formula is C22H30N6. The first-order valence-electron chi connectivity index (χ1n) is 10.2. The van der Waals surface area contributed by atoms with Gasteiger partial charge in [-0.05, 0) is 37.5 Å². The highest BCUT2D eigenvalue weighted by atomic mass is 15.3. The van der Waals surface area contributed by atoms with Gasteiger partial charge in [-0.25, -0.2) is 4.98 Å². The van der Waals surface area contributed by atoms with E-state index in [9.17, 15) is 0 Å². The van der Waals surface area contributed by atoms with Crippen LogP contribution < -0.4 is 15.5 Å². The SMILES string of the molecule is CCCCc1cc(N2CC[C@H](NC(C)C)C2)nc(Nc2cccc(C#N)c2)n1. The van der Waals surface area contributed by atoms with Crippen molar-refractivity contribution in [1.29, 1.82) is 5.26 Å². The van der Waals surface area contributed by atoms with Crippen molar-refractivity contribution in [3.05, 3.63) is 41.6 Å². The fourth-order valence-electron chi connectivity index (χ4n) is 3.56. The van der Waals surface area contributed by atoms with Gasteiger partial charge < -0.3 is 15.5 Å². The zero-order valence-corrected chi connectivity index (χ0v) is 17.1. The molecule has 1 aromatic carbocycles. The molecule has 148 valence electrons. The van der Waals surface area contributed by atoms with E-state index in [4.69, 9.17) is 15.2 Å². The molecule has 2 heterocycles. The van der Waals surface area contributed by atoms with Crippen LogP contribution in [-0.4, -0.2) is 35.1 Å². The largest absolute Gasteiger partial charge is 0.355 e. The third-order valence-corrected chi connectivity index (χ3v) is 4.88. The first-order chi connectivity index (χ1) is 13.6. The molecular weight excluding hydrogens is 348 g/mol. The van der Waals surface area contributed by atoms with Crippen LogP contribution in [0.15, 0.2) is 30.3 Å². The summed E-state index contributed by atoms with van der Waals surface area (Å²) in [6.45, 7) is 8.53. The molecule has 1 fully saturated rings. The molecule has 3 rings (SSSR count). The van der Waals surface area contributed by atoms with Gasteiger partial charge in [0.1, 0.15) is 5.82 Å². The summed E-state index contributed by atoms with van der Waals surface area (Å²) in [5.74, 6) is 1.58. The number of hydrogen-bond donors (Lipinski definition) is 2. The maximum Gasteiger partial charge on any atom is 0.229 e. The number of aryl methyl sites for hydroxylation is 1. The van der Waals surface area contributed by atoms with Gasteiger partial charge >= 0.3 is 0 Å². The van der Waals surface area contributed by atoms with Crippen LogP contribution in [0.2, 0.25) is 0 Å². The van der Waals surface area contributed by atoms with Crippen molar-refractivity contribution in [3.8, 4) is 6.07 Å². The van der Waals surface area contributed by atoms with Gasteiger partial charge in [0.05, 0.1) is 11.6 Å². The van der Waals surface area contributed by atoms with E-state index >= 15 is 0 Å². The van der Waals surface area contributed by atoms with E-state index in [0.717, 1.165) is 56.0 Å². The monoisotopic (exact) mass is 378 g/mol. The average Bonchev–Trinajstić information content (AvgIpc) is 3.14. The van der Waals surface area contributed by atoms with E-state index < -0.39 is 0 Å². The first kappa shape index (κ1) is 20.1. The first-order valence-corrected chi connectivity index (χ1v) is 10.2.